The molecule has 3 aromatic carbocycles. The molecule has 1 heterocycles. The van der Waals surface area contributed by atoms with Crippen molar-refractivity contribution in [3.05, 3.63) is 108 Å². The number of H-pyrrole nitrogens is 1. The van der Waals surface area contributed by atoms with Gasteiger partial charge in [-0.05, 0) is 22.8 Å². The van der Waals surface area contributed by atoms with Crippen LogP contribution in [-0.4, -0.2) is 29.0 Å². The minimum atomic E-state index is -0.394. The fourth-order valence-electron chi connectivity index (χ4n) is 3.92. The number of nitrogens with zero attached hydrogens (tertiary/aromatic N) is 1. The Morgan fingerprint density at radius 2 is 1.43 bits per heavy atom. The van der Waals surface area contributed by atoms with Crippen LogP contribution in [0, 0.1) is 0 Å². The molecule has 1 N–H and O–H groups in total. The molecule has 0 radical (unpaired) electrons. The van der Waals surface area contributed by atoms with Crippen LogP contribution >= 0.6 is 0 Å². The molecule has 1 atom stereocenters. The average molecular weight is 399 g/mol. The van der Waals surface area contributed by atoms with E-state index in [2.05, 4.69) is 46.3 Å². The molecule has 0 saturated carbocycles. The third-order valence-corrected chi connectivity index (χ3v) is 5.46. The summed E-state index contributed by atoms with van der Waals surface area (Å²) in [5.74, 6) is -0.216. The van der Waals surface area contributed by atoms with Crippen molar-refractivity contribution in [2.75, 3.05) is 7.11 Å². The van der Waals surface area contributed by atoms with Gasteiger partial charge in [-0.15, -0.1) is 0 Å². The Kier molecular flexibility index (Phi) is 6.26. The third kappa shape index (κ3) is 4.61. The number of nitrogens with one attached hydrogen (secondary N) is 1. The van der Waals surface area contributed by atoms with E-state index in [0.29, 0.717) is 19.5 Å². The molecule has 0 amide bonds. The van der Waals surface area contributed by atoms with Gasteiger partial charge in [-0.1, -0.05) is 78.9 Å². The van der Waals surface area contributed by atoms with Crippen LogP contribution in [0.4, 0.5) is 0 Å². The van der Waals surface area contributed by atoms with Crippen molar-refractivity contribution >= 4 is 16.9 Å². The summed E-state index contributed by atoms with van der Waals surface area (Å²) in [4.78, 5) is 18.4. The van der Waals surface area contributed by atoms with Crippen molar-refractivity contribution in [2.45, 2.75) is 25.6 Å². The Bertz CT molecular complexity index is 1050. The molecule has 0 aliphatic carbocycles. The molecule has 1 aromatic heterocycles. The number of benzene rings is 3. The summed E-state index contributed by atoms with van der Waals surface area (Å²) in [7, 11) is 1.47. The van der Waals surface area contributed by atoms with Gasteiger partial charge in [-0.2, -0.15) is 0 Å². The van der Waals surface area contributed by atoms with Gasteiger partial charge < -0.3 is 9.72 Å². The lowest BCUT2D eigenvalue weighted by Crippen LogP contribution is -2.42. The van der Waals surface area contributed by atoms with Gasteiger partial charge in [0.2, 0.25) is 0 Å². The van der Waals surface area contributed by atoms with Gasteiger partial charge in [0.1, 0.15) is 6.04 Å². The summed E-state index contributed by atoms with van der Waals surface area (Å²) in [5.41, 5.74) is 4.53. The van der Waals surface area contributed by atoms with E-state index in [4.69, 9.17) is 4.74 Å². The molecular weight excluding hydrogens is 372 g/mol. The van der Waals surface area contributed by atoms with Crippen LogP contribution in [0.25, 0.3) is 10.9 Å². The number of carbonyl (C=O) groups excluding carboxylic acids is 1. The largest absolute Gasteiger partial charge is 0.468 e. The monoisotopic (exact) mass is 398 g/mol. The highest BCUT2D eigenvalue weighted by atomic mass is 16.5. The number of carbonyl (C=O) groups is 1. The highest BCUT2D eigenvalue weighted by Gasteiger charge is 2.28. The molecule has 0 bridgehead atoms. The zero-order chi connectivity index (χ0) is 20.8. The quantitative estimate of drug-likeness (QED) is 0.427. The lowest BCUT2D eigenvalue weighted by atomic mass is 10.0. The van der Waals surface area contributed by atoms with Gasteiger partial charge in [-0.3, -0.25) is 9.69 Å². The number of hydrogen-bond acceptors (Lipinski definition) is 3. The summed E-state index contributed by atoms with van der Waals surface area (Å²) in [5, 5.41) is 1.14. The Morgan fingerprint density at radius 1 is 0.867 bits per heavy atom. The van der Waals surface area contributed by atoms with E-state index < -0.39 is 6.04 Å². The molecule has 0 aliphatic heterocycles. The van der Waals surface area contributed by atoms with E-state index in [1.807, 2.05) is 54.7 Å². The molecule has 4 nitrogen and oxygen atoms in total. The number of rotatable bonds is 8. The van der Waals surface area contributed by atoms with Crippen LogP contribution in [-0.2, 0) is 29.0 Å². The maximum absolute atomic E-state index is 12.9. The first kappa shape index (κ1) is 19.9. The molecule has 4 aromatic rings. The predicted molar refractivity (Wildman–Crippen MR) is 120 cm³/mol. The van der Waals surface area contributed by atoms with E-state index in [-0.39, 0.29) is 5.97 Å². The molecule has 1 unspecified atom stereocenters. The molecular formula is C26H26N2O2. The first-order valence-electron chi connectivity index (χ1n) is 10.2. The number of ether oxygens (including phenoxy) is 1. The first-order valence-corrected chi connectivity index (χ1v) is 10.2. The normalized spacial score (nSPS) is 12.2. The molecule has 0 spiro atoms. The van der Waals surface area contributed by atoms with E-state index in [1.54, 1.807) is 0 Å². The Morgan fingerprint density at radius 3 is 2.03 bits per heavy atom. The van der Waals surface area contributed by atoms with Crippen LogP contribution in [0.3, 0.4) is 0 Å². The first-order chi connectivity index (χ1) is 14.7. The Balaban J connectivity index is 1.67. The van der Waals surface area contributed by atoms with Crippen molar-refractivity contribution < 1.29 is 9.53 Å². The summed E-state index contributed by atoms with van der Waals surface area (Å²) in [6.45, 7) is 1.33. The molecule has 0 aliphatic rings. The zero-order valence-corrected chi connectivity index (χ0v) is 17.1. The van der Waals surface area contributed by atoms with Gasteiger partial charge in [0, 0.05) is 36.6 Å². The average Bonchev–Trinajstić information content (AvgIpc) is 3.21. The summed E-state index contributed by atoms with van der Waals surface area (Å²) in [6, 6.07) is 28.3. The van der Waals surface area contributed by atoms with Crippen molar-refractivity contribution in [3.63, 3.8) is 0 Å². The molecule has 4 rings (SSSR count). The fourth-order valence-corrected chi connectivity index (χ4v) is 3.92. The molecule has 30 heavy (non-hydrogen) atoms. The molecule has 152 valence electrons. The SMILES string of the molecule is COC(=O)C(Cc1c[nH]c2ccccc12)N(Cc1ccccc1)Cc1ccccc1. The number of methoxy groups -OCH3 is 1. The van der Waals surface area contributed by atoms with E-state index in [1.165, 1.54) is 18.2 Å². The van der Waals surface area contributed by atoms with Gasteiger partial charge >= 0.3 is 5.97 Å². The van der Waals surface area contributed by atoms with E-state index in [9.17, 15) is 4.79 Å². The lowest BCUT2D eigenvalue weighted by molar-refractivity contribution is -0.147. The molecule has 4 heteroatoms. The summed E-state index contributed by atoms with van der Waals surface area (Å²) in [6.07, 6.45) is 2.58. The second-order valence-electron chi connectivity index (χ2n) is 7.48. The van der Waals surface area contributed by atoms with Gasteiger partial charge in [0.25, 0.3) is 0 Å². The van der Waals surface area contributed by atoms with Gasteiger partial charge in [0.05, 0.1) is 7.11 Å². The van der Waals surface area contributed by atoms with Crippen molar-refractivity contribution in [1.82, 2.24) is 9.88 Å². The molecule has 0 fully saturated rings. The van der Waals surface area contributed by atoms with Crippen molar-refractivity contribution in [2.24, 2.45) is 0 Å². The Hall–Kier alpha value is -3.37. The van der Waals surface area contributed by atoms with Crippen molar-refractivity contribution in [1.29, 1.82) is 0 Å². The van der Waals surface area contributed by atoms with Gasteiger partial charge in [-0.25, -0.2) is 0 Å². The number of fused-ring (bicyclic) bond motifs is 1. The summed E-state index contributed by atoms with van der Waals surface area (Å²) < 4.78 is 5.24. The number of esters is 1. The number of aromatic amines is 1. The standard InChI is InChI=1S/C26H26N2O2/c1-30-26(29)25(16-22-17-27-24-15-9-8-14-23(22)24)28(18-20-10-4-2-5-11-20)19-21-12-6-3-7-13-21/h2-15,17,25,27H,16,18-19H2,1H3. The highest BCUT2D eigenvalue weighted by molar-refractivity contribution is 5.84. The van der Waals surface area contributed by atoms with Crippen LogP contribution in [0.1, 0.15) is 16.7 Å². The summed E-state index contributed by atoms with van der Waals surface area (Å²) >= 11 is 0. The number of para-hydroxylation sites is 1. The second-order valence-corrected chi connectivity index (χ2v) is 7.48. The number of aromatic nitrogens is 1. The smallest absolute Gasteiger partial charge is 0.323 e. The highest BCUT2D eigenvalue weighted by Crippen LogP contribution is 2.23. The van der Waals surface area contributed by atoms with Gasteiger partial charge in [0.15, 0.2) is 0 Å². The second kappa shape index (κ2) is 9.42. The van der Waals surface area contributed by atoms with Crippen LogP contribution < -0.4 is 0 Å². The minimum absolute atomic E-state index is 0.216. The topological polar surface area (TPSA) is 45.3 Å². The molecule has 0 saturated heterocycles. The van der Waals surface area contributed by atoms with E-state index >= 15 is 0 Å². The van der Waals surface area contributed by atoms with E-state index in [0.717, 1.165) is 16.5 Å². The fraction of sp³-hybridized carbons (Fsp3) is 0.192. The van der Waals surface area contributed by atoms with Crippen molar-refractivity contribution in [3.8, 4) is 0 Å². The predicted octanol–water partition coefficient (Wildman–Crippen LogP) is 4.95. The van der Waals surface area contributed by atoms with Crippen LogP contribution in [0.15, 0.2) is 91.1 Å². The van der Waals surface area contributed by atoms with Crippen LogP contribution in [0.5, 0.6) is 0 Å². The number of hydrogen-bond donors (Lipinski definition) is 1. The lowest BCUT2D eigenvalue weighted by Gasteiger charge is -2.30. The zero-order valence-electron chi connectivity index (χ0n) is 17.1. The van der Waals surface area contributed by atoms with Crippen LogP contribution in [0.2, 0.25) is 0 Å². The Labute approximate surface area is 177 Å². The minimum Gasteiger partial charge on any atom is -0.468 e. The maximum Gasteiger partial charge on any atom is 0.323 e. The maximum atomic E-state index is 12.9. The third-order valence-electron chi connectivity index (χ3n) is 5.46.